The van der Waals surface area contributed by atoms with Crippen LogP contribution in [0.25, 0.3) is 55.2 Å². The van der Waals surface area contributed by atoms with Gasteiger partial charge in [0.1, 0.15) is 47.8 Å². The third-order valence-corrected chi connectivity index (χ3v) is 17.5. The van der Waals surface area contributed by atoms with Gasteiger partial charge in [-0.15, -0.1) is 11.5 Å². The predicted octanol–water partition coefficient (Wildman–Crippen LogP) is 6.25. The summed E-state index contributed by atoms with van der Waals surface area (Å²) in [5.74, 6) is 1.37. The average Bonchev–Trinajstić information content (AvgIpc) is 4.33. The maximum absolute atomic E-state index is 17.2. The number of pyridine rings is 1. The lowest BCUT2D eigenvalue weighted by Gasteiger charge is -2.36. The van der Waals surface area contributed by atoms with E-state index in [9.17, 15) is 19.2 Å². The molecular weight excluding hydrogens is 1000 g/mol. The Balaban J connectivity index is 0.636. The van der Waals surface area contributed by atoms with E-state index in [1.54, 1.807) is 36.3 Å². The number of benzene rings is 3. The monoisotopic (exact) mass is 1060 g/mol. The number of piperidine rings is 2. The SMILES string of the molecule is C#Cc1c(F)ccc2cccc(-c3ncc4c(N5CC6CCC(C5)N6)nc(OC[C@@]56CCCN5[C@H](COC(=O)N5CCC(CCn7cc(-c8ccc9c(c8)n(C)c(=O)n9C8CCC(=O)NC8=O)nn7)CC5)CC6)nc4c3F)c12. The van der Waals surface area contributed by atoms with Gasteiger partial charge in [0.05, 0.1) is 33.7 Å². The van der Waals surface area contributed by atoms with Crippen molar-refractivity contribution in [2.75, 3.05) is 50.8 Å². The van der Waals surface area contributed by atoms with Gasteiger partial charge in [-0.05, 0) is 100 Å². The molecule has 21 heteroatoms. The van der Waals surface area contributed by atoms with Gasteiger partial charge in [-0.3, -0.25) is 38.6 Å². The summed E-state index contributed by atoms with van der Waals surface area (Å²) in [5, 5.41) is 16.4. The van der Waals surface area contributed by atoms with E-state index >= 15 is 8.78 Å². The van der Waals surface area contributed by atoms with Crippen molar-refractivity contribution in [2.45, 2.75) is 107 Å². The molecule has 3 amide bonds. The molecular formula is C57H59F2N13O6. The standard InChI is InChI=1S/C57H59F2N13O6/c1-3-39-42(58)12-8-34-6-4-7-40(48(34)39)50-49(59)51-41(27-60-50)52(69-28-36-10-11-37(29-69)61-36)64-54(63-51)78-32-57-20-5-22-71(57)38(16-21-57)31-77-56(76)68-23-17-33(18-24-68)19-25-70-30-43(65-66-70)35-9-13-44-46(26-35)67(2)55(75)72(44)45-14-15-47(73)62-53(45)74/h1,4,6-9,12-13,26-27,30,33,36-38,45,61H,5,10-11,14-25,28-29,31-32H2,2H3,(H,62,73,74)/t36?,37?,38-,45?,57-/m0/s1. The summed E-state index contributed by atoms with van der Waals surface area (Å²) in [4.78, 5) is 72.0. The van der Waals surface area contributed by atoms with Gasteiger partial charge in [0, 0.05) is 87.0 Å². The second kappa shape index (κ2) is 19.9. The molecule has 2 bridgehead atoms. The predicted molar refractivity (Wildman–Crippen MR) is 285 cm³/mol. The first-order valence-corrected chi connectivity index (χ1v) is 27.2. The minimum atomic E-state index is -0.761. The molecule has 6 fully saturated rings. The van der Waals surface area contributed by atoms with E-state index in [-0.39, 0.29) is 90.2 Å². The Morgan fingerprint density at radius 2 is 1.78 bits per heavy atom. The van der Waals surface area contributed by atoms with Crippen molar-refractivity contribution in [3.63, 3.8) is 0 Å². The number of aryl methyl sites for hydroxylation is 2. The Kier molecular flexibility index (Phi) is 12.7. The van der Waals surface area contributed by atoms with Crippen molar-refractivity contribution in [1.29, 1.82) is 0 Å². The van der Waals surface area contributed by atoms with Gasteiger partial charge in [0.15, 0.2) is 5.82 Å². The van der Waals surface area contributed by atoms with E-state index in [0.29, 0.717) is 82.9 Å². The van der Waals surface area contributed by atoms with Crippen molar-refractivity contribution in [3.8, 4) is 40.9 Å². The van der Waals surface area contributed by atoms with Crippen LogP contribution in [0.1, 0.15) is 82.2 Å². The summed E-state index contributed by atoms with van der Waals surface area (Å²) in [7, 11) is 1.66. The van der Waals surface area contributed by atoms with Crippen LogP contribution in [0, 0.1) is 29.9 Å². The first-order valence-electron chi connectivity index (χ1n) is 27.2. The molecule has 6 aliphatic heterocycles. The van der Waals surface area contributed by atoms with Gasteiger partial charge in [-0.2, -0.15) is 9.97 Å². The number of rotatable bonds is 12. The number of imidazole rings is 1. The summed E-state index contributed by atoms with van der Waals surface area (Å²) in [6.45, 7) is 4.64. The number of hydrogen-bond donors (Lipinski definition) is 2. The number of imide groups is 1. The van der Waals surface area contributed by atoms with Crippen LogP contribution in [-0.2, 0) is 27.9 Å². The van der Waals surface area contributed by atoms with Crippen LogP contribution in [0.15, 0.2) is 65.7 Å². The smallest absolute Gasteiger partial charge is 0.409 e. The van der Waals surface area contributed by atoms with Crippen LogP contribution in [0.4, 0.5) is 19.4 Å². The molecule has 5 atom stereocenters. The van der Waals surface area contributed by atoms with Gasteiger partial charge in [-0.25, -0.2) is 18.4 Å². The molecule has 3 aromatic carbocycles. The van der Waals surface area contributed by atoms with Crippen molar-refractivity contribution in [3.05, 3.63) is 88.6 Å². The van der Waals surface area contributed by atoms with Crippen molar-refractivity contribution < 1.29 is 32.6 Å². The van der Waals surface area contributed by atoms with Gasteiger partial charge in [0.2, 0.25) is 11.8 Å². The molecule has 0 radical (unpaired) electrons. The zero-order chi connectivity index (χ0) is 53.4. The Morgan fingerprint density at radius 3 is 2.59 bits per heavy atom. The number of nitrogens with zero attached hydrogens (tertiary/aromatic N) is 11. The maximum Gasteiger partial charge on any atom is 0.409 e. The Bertz CT molecular complexity index is 3660. The highest BCUT2D eigenvalue weighted by Gasteiger charge is 2.50. The maximum atomic E-state index is 17.2. The molecule has 3 unspecified atom stereocenters. The topological polar surface area (TPSA) is 200 Å². The van der Waals surface area contributed by atoms with Crippen molar-refractivity contribution in [1.82, 2.24) is 59.5 Å². The highest BCUT2D eigenvalue weighted by molar-refractivity contribution is 6.02. The number of carbonyl (C=O) groups is 3. The van der Waals surface area contributed by atoms with Crippen LogP contribution in [0.3, 0.4) is 0 Å². The Morgan fingerprint density at radius 1 is 0.949 bits per heavy atom. The molecule has 2 N–H and O–H groups in total. The number of piperazine rings is 1. The quantitative estimate of drug-likeness (QED) is 0.103. The molecule has 10 heterocycles. The molecule has 0 saturated carbocycles. The lowest BCUT2D eigenvalue weighted by atomic mass is 9.94. The van der Waals surface area contributed by atoms with Crippen LogP contribution in [-0.4, -0.2) is 136 Å². The summed E-state index contributed by atoms with van der Waals surface area (Å²) >= 11 is 0. The second-order valence-electron chi connectivity index (χ2n) is 22.1. The number of hydrogen-bond acceptors (Lipinski definition) is 14. The molecule has 13 rings (SSSR count). The van der Waals surface area contributed by atoms with Gasteiger partial charge in [0.25, 0.3) is 0 Å². The molecule has 78 heavy (non-hydrogen) atoms. The zero-order valence-electron chi connectivity index (χ0n) is 43.3. The number of halogens is 2. The van der Waals surface area contributed by atoms with E-state index < -0.39 is 23.6 Å². The van der Waals surface area contributed by atoms with E-state index in [4.69, 9.17) is 25.9 Å². The number of anilines is 1. The van der Waals surface area contributed by atoms with Crippen LogP contribution < -0.4 is 26.0 Å². The second-order valence-corrected chi connectivity index (χ2v) is 22.1. The minimum Gasteiger partial charge on any atom is -0.461 e. The number of carbonyl (C=O) groups excluding carboxylic acids is 3. The first-order chi connectivity index (χ1) is 37.9. The Labute approximate surface area is 447 Å². The van der Waals surface area contributed by atoms with Gasteiger partial charge >= 0.3 is 17.8 Å². The highest BCUT2D eigenvalue weighted by atomic mass is 19.1. The summed E-state index contributed by atoms with van der Waals surface area (Å²) in [6, 6.07) is 13.7. The lowest BCUT2D eigenvalue weighted by molar-refractivity contribution is -0.135. The average molecular weight is 1060 g/mol. The molecule has 19 nitrogen and oxygen atoms in total. The number of terminal acetylenes is 1. The fourth-order valence-corrected chi connectivity index (χ4v) is 13.4. The van der Waals surface area contributed by atoms with E-state index in [2.05, 4.69) is 41.6 Å². The lowest BCUT2D eigenvalue weighted by Crippen LogP contribution is -2.51. The molecule has 0 spiro atoms. The number of aromatic nitrogens is 8. The molecule has 6 aliphatic rings. The van der Waals surface area contributed by atoms with Crippen molar-refractivity contribution >= 4 is 56.4 Å². The number of fused-ring (bicyclic) bond motifs is 6. The fraction of sp³-hybridized carbons (Fsp3) is 0.456. The third-order valence-electron chi connectivity index (χ3n) is 17.5. The van der Waals surface area contributed by atoms with Gasteiger partial charge < -0.3 is 24.6 Å². The van der Waals surface area contributed by atoms with Crippen LogP contribution in [0.5, 0.6) is 6.01 Å². The molecule has 4 aromatic heterocycles. The number of ether oxygens (including phenoxy) is 2. The molecule has 402 valence electrons. The van der Waals surface area contributed by atoms with Crippen LogP contribution in [0.2, 0.25) is 0 Å². The molecule has 0 aliphatic carbocycles. The highest BCUT2D eigenvalue weighted by Crippen LogP contribution is 2.44. The van der Waals surface area contributed by atoms with Gasteiger partial charge in [-0.1, -0.05) is 41.5 Å². The normalized spacial score (nSPS) is 23.6. The van der Waals surface area contributed by atoms with Crippen molar-refractivity contribution in [2.24, 2.45) is 13.0 Å². The number of likely N-dealkylation sites (tertiary alicyclic amines) is 1. The van der Waals surface area contributed by atoms with E-state index in [0.717, 1.165) is 69.9 Å². The van der Waals surface area contributed by atoms with E-state index in [1.807, 2.05) is 35.1 Å². The first kappa shape index (κ1) is 49.7. The van der Waals surface area contributed by atoms with Crippen LogP contribution >= 0.6 is 0 Å². The fourth-order valence-electron chi connectivity index (χ4n) is 13.4. The number of amides is 3. The zero-order valence-corrected chi connectivity index (χ0v) is 43.3. The molecule has 7 aromatic rings. The molecule has 6 saturated heterocycles. The minimum absolute atomic E-state index is 0.00959. The third kappa shape index (κ3) is 8.78. The summed E-state index contributed by atoms with van der Waals surface area (Å²) in [5.41, 5.74) is 2.52. The number of nitrogens with one attached hydrogen (secondary N) is 2. The summed E-state index contributed by atoms with van der Waals surface area (Å²) < 4.78 is 49.7. The van der Waals surface area contributed by atoms with E-state index in [1.165, 1.54) is 15.2 Å². The summed E-state index contributed by atoms with van der Waals surface area (Å²) in [6.07, 6.45) is 17.6. The largest absolute Gasteiger partial charge is 0.461 e. The Hall–Kier alpha value is -7.83.